The Kier molecular flexibility index (Phi) is 7.40. The Morgan fingerprint density at radius 2 is 2.24 bits per heavy atom. The Morgan fingerprint density at radius 3 is 2.92 bits per heavy atom. The first kappa shape index (κ1) is 19.9. The maximum absolute atomic E-state index is 13.9. The molecular weight excluding hydrogens is 385 g/mol. The number of halogens is 2. The minimum Gasteiger partial charge on any atom is -0.466 e. The van der Waals surface area contributed by atoms with E-state index in [-0.39, 0.29) is 28.9 Å². The van der Waals surface area contributed by atoms with Crippen LogP contribution < -0.4 is 0 Å². The molecule has 1 aromatic carbocycles. The molecule has 0 radical (unpaired) electrons. The Bertz CT molecular complexity index is 704. The van der Waals surface area contributed by atoms with Crippen LogP contribution in [0.25, 0.3) is 6.08 Å². The van der Waals surface area contributed by atoms with Crippen molar-refractivity contribution in [1.82, 2.24) is 4.90 Å². The monoisotopic (exact) mass is 401 g/mol. The van der Waals surface area contributed by atoms with Crippen LogP contribution in [0.5, 0.6) is 0 Å². The standard InChI is InChI=1S/C17H17ClFNO3S2/c1-2-9-23-15(21)7-4-8-20-16(22)14(25-17(20)24)10-11-12(18)5-3-6-13(11)19/h3,5-6,10H,2,4,7-9H2,1H3/b14-10+. The molecule has 4 nitrogen and oxygen atoms in total. The number of carbonyl (C=O) groups excluding carboxylic acids is 2. The van der Waals surface area contributed by atoms with Crippen LogP contribution in [0.1, 0.15) is 31.7 Å². The lowest BCUT2D eigenvalue weighted by molar-refractivity contribution is -0.144. The van der Waals surface area contributed by atoms with Crippen molar-refractivity contribution in [3.8, 4) is 0 Å². The highest BCUT2D eigenvalue weighted by molar-refractivity contribution is 8.26. The summed E-state index contributed by atoms with van der Waals surface area (Å²) in [6, 6.07) is 4.33. The molecule has 0 bridgehead atoms. The number of hydrogen-bond donors (Lipinski definition) is 0. The second-order valence-corrected chi connectivity index (χ2v) is 7.38. The Morgan fingerprint density at radius 1 is 1.48 bits per heavy atom. The van der Waals surface area contributed by atoms with E-state index in [9.17, 15) is 14.0 Å². The van der Waals surface area contributed by atoms with Crippen molar-refractivity contribution >= 4 is 57.9 Å². The fourth-order valence-electron chi connectivity index (χ4n) is 2.14. The lowest BCUT2D eigenvalue weighted by Gasteiger charge is -2.13. The van der Waals surface area contributed by atoms with Gasteiger partial charge in [-0.2, -0.15) is 0 Å². The van der Waals surface area contributed by atoms with Gasteiger partial charge in [0, 0.05) is 18.5 Å². The molecule has 1 heterocycles. The molecule has 25 heavy (non-hydrogen) atoms. The van der Waals surface area contributed by atoms with Gasteiger partial charge in [0.05, 0.1) is 16.5 Å². The minimum atomic E-state index is -0.503. The zero-order valence-electron chi connectivity index (χ0n) is 13.6. The molecule has 134 valence electrons. The van der Waals surface area contributed by atoms with Crippen LogP contribution >= 0.6 is 35.6 Å². The highest BCUT2D eigenvalue weighted by Crippen LogP contribution is 2.34. The average Bonchev–Trinajstić information content (AvgIpc) is 2.83. The number of carbonyl (C=O) groups is 2. The Balaban J connectivity index is 2.00. The molecule has 2 rings (SSSR count). The molecule has 0 spiro atoms. The smallest absolute Gasteiger partial charge is 0.305 e. The third-order valence-electron chi connectivity index (χ3n) is 3.38. The number of amides is 1. The summed E-state index contributed by atoms with van der Waals surface area (Å²) in [5.74, 6) is -1.10. The summed E-state index contributed by atoms with van der Waals surface area (Å²) in [6.45, 7) is 2.63. The molecule has 1 aromatic rings. The summed E-state index contributed by atoms with van der Waals surface area (Å²) in [4.78, 5) is 25.7. The molecule has 0 saturated carbocycles. The normalized spacial score (nSPS) is 16.0. The van der Waals surface area contributed by atoms with E-state index in [0.29, 0.717) is 28.8 Å². The summed E-state index contributed by atoms with van der Waals surface area (Å²) in [6.07, 6.45) is 2.84. The van der Waals surface area contributed by atoms with Gasteiger partial charge in [-0.1, -0.05) is 48.6 Å². The van der Waals surface area contributed by atoms with E-state index in [0.717, 1.165) is 18.2 Å². The number of esters is 1. The van der Waals surface area contributed by atoms with Gasteiger partial charge in [0.1, 0.15) is 10.1 Å². The van der Waals surface area contributed by atoms with E-state index < -0.39 is 5.82 Å². The van der Waals surface area contributed by atoms with Gasteiger partial charge < -0.3 is 4.74 Å². The van der Waals surface area contributed by atoms with E-state index in [1.807, 2.05) is 6.92 Å². The first-order valence-corrected chi connectivity index (χ1v) is 9.39. The molecule has 0 atom stereocenters. The van der Waals surface area contributed by atoms with Crippen LogP contribution in [0.2, 0.25) is 5.02 Å². The van der Waals surface area contributed by atoms with Gasteiger partial charge in [-0.15, -0.1) is 0 Å². The number of thiocarbonyl (C=S) groups is 1. The van der Waals surface area contributed by atoms with E-state index in [1.165, 1.54) is 23.1 Å². The summed E-state index contributed by atoms with van der Waals surface area (Å²) < 4.78 is 19.2. The third-order valence-corrected chi connectivity index (χ3v) is 5.09. The van der Waals surface area contributed by atoms with Gasteiger partial charge in [0.15, 0.2) is 0 Å². The zero-order valence-corrected chi connectivity index (χ0v) is 16.0. The van der Waals surface area contributed by atoms with Gasteiger partial charge in [0.2, 0.25) is 0 Å². The van der Waals surface area contributed by atoms with Crippen LogP contribution in [0.3, 0.4) is 0 Å². The molecule has 0 N–H and O–H groups in total. The van der Waals surface area contributed by atoms with Crippen LogP contribution in [-0.4, -0.2) is 34.2 Å². The summed E-state index contributed by atoms with van der Waals surface area (Å²) >= 11 is 12.3. The van der Waals surface area contributed by atoms with Crippen LogP contribution in [0.15, 0.2) is 23.1 Å². The van der Waals surface area contributed by atoms with Gasteiger partial charge in [-0.3, -0.25) is 14.5 Å². The molecule has 1 aliphatic heterocycles. The molecule has 0 aliphatic carbocycles. The molecule has 0 unspecified atom stereocenters. The fraction of sp³-hybridized carbons (Fsp3) is 0.353. The summed E-state index contributed by atoms with van der Waals surface area (Å²) in [5, 5.41) is 0.226. The van der Waals surface area contributed by atoms with E-state index in [1.54, 1.807) is 6.07 Å². The molecule has 1 aliphatic rings. The maximum atomic E-state index is 13.9. The van der Waals surface area contributed by atoms with Crippen molar-refractivity contribution in [3.63, 3.8) is 0 Å². The van der Waals surface area contributed by atoms with E-state index in [2.05, 4.69) is 0 Å². The van der Waals surface area contributed by atoms with Crippen LogP contribution in [0, 0.1) is 5.82 Å². The quantitative estimate of drug-likeness (QED) is 0.384. The Labute approximate surface area is 160 Å². The second kappa shape index (κ2) is 9.31. The summed E-state index contributed by atoms with van der Waals surface area (Å²) in [7, 11) is 0. The van der Waals surface area contributed by atoms with Crippen molar-refractivity contribution in [1.29, 1.82) is 0 Å². The Hall–Kier alpha value is -1.44. The number of rotatable bonds is 7. The third kappa shape index (κ3) is 5.26. The largest absolute Gasteiger partial charge is 0.466 e. The number of thioether (sulfide) groups is 1. The predicted molar refractivity (Wildman–Crippen MR) is 102 cm³/mol. The number of hydrogen-bond acceptors (Lipinski definition) is 5. The van der Waals surface area contributed by atoms with Crippen LogP contribution in [0.4, 0.5) is 4.39 Å². The van der Waals surface area contributed by atoms with Gasteiger partial charge in [0.25, 0.3) is 5.91 Å². The first-order valence-electron chi connectivity index (χ1n) is 7.79. The zero-order chi connectivity index (χ0) is 18.4. The lowest BCUT2D eigenvalue weighted by atomic mass is 10.2. The molecular formula is C17H17ClFNO3S2. The minimum absolute atomic E-state index is 0.160. The summed E-state index contributed by atoms with van der Waals surface area (Å²) in [5.41, 5.74) is 0.160. The topological polar surface area (TPSA) is 46.6 Å². The highest BCUT2D eigenvalue weighted by Gasteiger charge is 2.32. The number of benzene rings is 1. The maximum Gasteiger partial charge on any atom is 0.305 e. The van der Waals surface area contributed by atoms with E-state index in [4.69, 9.17) is 28.6 Å². The van der Waals surface area contributed by atoms with Crippen molar-refractivity contribution in [2.75, 3.05) is 13.2 Å². The van der Waals surface area contributed by atoms with Crippen molar-refractivity contribution < 1.29 is 18.7 Å². The van der Waals surface area contributed by atoms with Gasteiger partial charge in [-0.05, 0) is 31.1 Å². The van der Waals surface area contributed by atoms with Crippen molar-refractivity contribution in [2.45, 2.75) is 26.2 Å². The number of nitrogens with zero attached hydrogens (tertiary/aromatic N) is 1. The van der Waals surface area contributed by atoms with Crippen molar-refractivity contribution in [3.05, 3.63) is 39.5 Å². The SMILES string of the molecule is CCCOC(=O)CCCN1C(=O)/C(=C\c2c(F)cccc2Cl)SC1=S. The molecule has 1 fully saturated rings. The lowest BCUT2D eigenvalue weighted by Crippen LogP contribution is -2.29. The van der Waals surface area contributed by atoms with E-state index >= 15 is 0 Å². The van der Waals surface area contributed by atoms with Crippen molar-refractivity contribution in [2.24, 2.45) is 0 Å². The molecule has 0 aromatic heterocycles. The molecule has 1 saturated heterocycles. The number of ether oxygens (including phenoxy) is 1. The highest BCUT2D eigenvalue weighted by atomic mass is 35.5. The first-order chi connectivity index (χ1) is 11.9. The molecule has 1 amide bonds. The second-order valence-electron chi connectivity index (χ2n) is 5.29. The van der Waals surface area contributed by atoms with Crippen LogP contribution in [-0.2, 0) is 14.3 Å². The average molecular weight is 402 g/mol. The van der Waals surface area contributed by atoms with Gasteiger partial charge in [-0.25, -0.2) is 4.39 Å². The predicted octanol–water partition coefficient (Wildman–Crippen LogP) is 4.41. The molecule has 8 heteroatoms. The van der Waals surface area contributed by atoms with Gasteiger partial charge >= 0.3 is 5.97 Å². The fourth-order valence-corrected chi connectivity index (χ4v) is 3.65.